The lowest BCUT2D eigenvalue weighted by Gasteiger charge is -2.60. The van der Waals surface area contributed by atoms with E-state index in [1.54, 1.807) is 0 Å². The lowest BCUT2D eigenvalue weighted by Crippen LogP contribution is -2.53. The Balaban J connectivity index is 1.50. The van der Waals surface area contributed by atoms with Gasteiger partial charge in [0.2, 0.25) is 0 Å². The lowest BCUT2D eigenvalue weighted by atomic mass is 9.44. The van der Waals surface area contributed by atoms with Gasteiger partial charge in [0.1, 0.15) is 5.76 Å². The average Bonchev–Trinajstić information content (AvgIpc) is 3.11. The molecule has 3 saturated carbocycles. The van der Waals surface area contributed by atoms with E-state index < -0.39 is 0 Å². The third-order valence-corrected chi connectivity index (χ3v) is 11.5. The quantitative estimate of drug-likeness (QED) is 0.373. The van der Waals surface area contributed by atoms with Crippen LogP contribution in [0.5, 0.6) is 0 Å². The molecule has 3 heteroatoms. The van der Waals surface area contributed by atoms with Crippen LogP contribution in [0, 0.1) is 52.3 Å². The Hall–Kier alpha value is -0.570. The minimum atomic E-state index is 0.258. The van der Waals surface area contributed by atoms with E-state index in [0.717, 1.165) is 53.9 Å². The van der Waals surface area contributed by atoms with Gasteiger partial charge in [-0.05, 0) is 116 Å². The second-order valence-electron chi connectivity index (χ2n) is 13.2. The molecule has 2 nitrogen and oxygen atoms in total. The molecule has 0 unspecified atom stereocenters. The molecule has 0 aliphatic heterocycles. The predicted molar refractivity (Wildman–Crippen MR) is 142 cm³/mol. The summed E-state index contributed by atoms with van der Waals surface area (Å²) in [5, 5.41) is 11.4. The molecule has 4 rings (SSSR count). The van der Waals surface area contributed by atoms with Crippen LogP contribution in [-0.2, 0) is 4.74 Å². The highest BCUT2D eigenvalue weighted by molar-refractivity contribution is 7.80. The maximum Gasteiger partial charge on any atom is 0.190 e. The maximum absolute atomic E-state index is 10.8. The molecule has 0 aromatic heterocycles. The van der Waals surface area contributed by atoms with Crippen molar-refractivity contribution >= 4 is 17.3 Å². The van der Waals surface area contributed by atoms with Crippen molar-refractivity contribution in [3.63, 3.8) is 0 Å². The van der Waals surface area contributed by atoms with Gasteiger partial charge in [-0.1, -0.05) is 53.9 Å². The number of aliphatic hydroxyl groups is 1. The Kier molecular flexibility index (Phi) is 7.60. The fourth-order valence-corrected chi connectivity index (χ4v) is 9.73. The summed E-state index contributed by atoms with van der Waals surface area (Å²) in [7, 11) is 0. The second kappa shape index (κ2) is 9.82. The van der Waals surface area contributed by atoms with Crippen molar-refractivity contribution in [2.45, 2.75) is 112 Å². The molecule has 0 radical (unpaired) electrons. The fourth-order valence-electron chi connectivity index (χ4n) is 9.42. The smallest absolute Gasteiger partial charge is 0.190 e. The van der Waals surface area contributed by atoms with Crippen molar-refractivity contribution in [1.29, 1.82) is 0 Å². The monoisotopic (exact) mass is 474 g/mol. The van der Waals surface area contributed by atoms with Crippen LogP contribution in [0.15, 0.2) is 11.3 Å². The number of fused-ring (bicyclic) bond motifs is 5. The van der Waals surface area contributed by atoms with Gasteiger partial charge in [-0.15, -0.1) is 0 Å². The summed E-state index contributed by atoms with van der Waals surface area (Å²) in [6, 6.07) is 0. The molecule has 0 heterocycles. The van der Waals surface area contributed by atoms with Crippen LogP contribution in [0.2, 0.25) is 0 Å². The Morgan fingerprint density at radius 2 is 1.76 bits per heavy atom. The number of rotatable bonds is 7. The highest BCUT2D eigenvalue weighted by Gasteiger charge is 2.60. The molecule has 1 N–H and O–H groups in total. The standard InChI is InChI=1S/C30H50O2S/c1-7-32-28(33)23-18-30(6)21(17-27(23)31)11-12-22-25-14-13-24(20(4)10-8-9-19(2)3)29(25,5)16-15-26(22)30/h19-22,24-26,31H,7-18H2,1-6H3/t20-,21+,22+,24-,25+,26+,29-,30+/m1/s1. The van der Waals surface area contributed by atoms with Crippen LogP contribution in [0.3, 0.4) is 0 Å². The number of hydrogen-bond acceptors (Lipinski definition) is 3. The summed E-state index contributed by atoms with van der Waals surface area (Å²) in [4.78, 5) is 0. The third kappa shape index (κ3) is 4.54. The number of hydrogen-bond donors (Lipinski definition) is 1. The Labute approximate surface area is 209 Å². The lowest BCUT2D eigenvalue weighted by molar-refractivity contribution is -0.105. The first-order valence-corrected chi connectivity index (χ1v) is 14.6. The zero-order chi connectivity index (χ0) is 24.0. The van der Waals surface area contributed by atoms with E-state index in [-0.39, 0.29) is 5.41 Å². The summed E-state index contributed by atoms with van der Waals surface area (Å²) in [5.41, 5.74) is 1.74. The van der Waals surface area contributed by atoms with Crippen LogP contribution in [0.4, 0.5) is 0 Å². The van der Waals surface area contributed by atoms with E-state index in [9.17, 15) is 5.11 Å². The van der Waals surface area contributed by atoms with Gasteiger partial charge in [-0.3, -0.25) is 0 Å². The summed E-state index contributed by atoms with van der Waals surface area (Å²) in [6.45, 7) is 15.1. The van der Waals surface area contributed by atoms with Gasteiger partial charge in [0, 0.05) is 12.0 Å². The fraction of sp³-hybridized carbons (Fsp3) is 0.900. The number of allylic oxidation sites excluding steroid dienone is 1. The Bertz CT molecular complexity index is 756. The van der Waals surface area contributed by atoms with Gasteiger partial charge in [0.15, 0.2) is 5.05 Å². The normalized spacial score (nSPS) is 41.4. The zero-order valence-electron chi connectivity index (χ0n) is 22.3. The van der Waals surface area contributed by atoms with Crippen LogP contribution in [-0.4, -0.2) is 16.8 Å². The highest BCUT2D eigenvalue weighted by atomic mass is 32.1. The van der Waals surface area contributed by atoms with Crippen molar-refractivity contribution in [3.8, 4) is 0 Å². The highest BCUT2D eigenvalue weighted by Crippen LogP contribution is 2.68. The molecule has 33 heavy (non-hydrogen) atoms. The minimum Gasteiger partial charge on any atom is -0.512 e. The first-order valence-electron chi connectivity index (χ1n) is 14.2. The molecule has 0 amide bonds. The van der Waals surface area contributed by atoms with E-state index in [1.165, 1.54) is 57.8 Å². The largest absolute Gasteiger partial charge is 0.512 e. The number of aliphatic hydroxyl groups excluding tert-OH is 1. The number of thiocarbonyl (C=S) groups is 1. The molecular formula is C30H50O2S. The third-order valence-electron chi connectivity index (χ3n) is 11.1. The average molecular weight is 475 g/mol. The molecule has 0 spiro atoms. The van der Waals surface area contributed by atoms with Crippen molar-refractivity contribution in [2.75, 3.05) is 6.61 Å². The van der Waals surface area contributed by atoms with Gasteiger partial charge >= 0.3 is 0 Å². The van der Waals surface area contributed by atoms with E-state index in [1.807, 2.05) is 6.92 Å². The van der Waals surface area contributed by atoms with Gasteiger partial charge in [0.05, 0.1) is 6.61 Å². The zero-order valence-corrected chi connectivity index (χ0v) is 23.1. The number of ether oxygens (including phenoxy) is 1. The van der Waals surface area contributed by atoms with Crippen molar-refractivity contribution in [1.82, 2.24) is 0 Å². The Morgan fingerprint density at radius 1 is 1.03 bits per heavy atom. The topological polar surface area (TPSA) is 29.5 Å². The second-order valence-corrected chi connectivity index (χ2v) is 13.6. The molecule has 0 saturated heterocycles. The molecule has 0 bridgehead atoms. The summed E-state index contributed by atoms with van der Waals surface area (Å²) < 4.78 is 5.70. The van der Waals surface area contributed by atoms with E-state index in [2.05, 4.69) is 34.6 Å². The van der Waals surface area contributed by atoms with Crippen LogP contribution >= 0.6 is 12.2 Å². The SMILES string of the molecule is CCOC(=S)C1=C(O)C[C@@H]2CC[C@@H]3[C@H](CC[C@]4(C)[C@@H]([C@H](C)CCCC(C)C)CC[C@@H]34)[C@@]2(C)C1. The van der Waals surface area contributed by atoms with Crippen LogP contribution in [0.1, 0.15) is 112 Å². The molecule has 188 valence electrons. The minimum absolute atomic E-state index is 0.258. The molecule has 4 aliphatic rings. The predicted octanol–water partition coefficient (Wildman–Crippen LogP) is 8.89. The summed E-state index contributed by atoms with van der Waals surface area (Å²) in [6.07, 6.45) is 14.3. The molecule has 4 aliphatic carbocycles. The maximum atomic E-state index is 10.8. The van der Waals surface area contributed by atoms with Crippen molar-refractivity contribution in [3.05, 3.63) is 11.3 Å². The summed E-state index contributed by atoms with van der Waals surface area (Å²) >= 11 is 5.59. The Morgan fingerprint density at radius 3 is 2.45 bits per heavy atom. The van der Waals surface area contributed by atoms with E-state index >= 15 is 0 Å². The van der Waals surface area contributed by atoms with Gasteiger partial charge < -0.3 is 9.84 Å². The molecular weight excluding hydrogens is 424 g/mol. The molecule has 8 atom stereocenters. The molecule has 3 fully saturated rings. The van der Waals surface area contributed by atoms with E-state index in [4.69, 9.17) is 17.0 Å². The first-order chi connectivity index (χ1) is 15.6. The summed E-state index contributed by atoms with van der Waals surface area (Å²) in [5.74, 6) is 6.27. The van der Waals surface area contributed by atoms with Crippen molar-refractivity contribution in [2.24, 2.45) is 52.3 Å². The molecule has 0 aromatic carbocycles. The van der Waals surface area contributed by atoms with Gasteiger partial charge in [-0.25, -0.2) is 0 Å². The molecule has 0 aromatic rings. The van der Waals surface area contributed by atoms with Gasteiger partial charge in [-0.2, -0.15) is 0 Å². The van der Waals surface area contributed by atoms with Gasteiger partial charge in [0.25, 0.3) is 0 Å². The first kappa shape index (κ1) is 25.5. The van der Waals surface area contributed by atoms with Crippen molar-refractivity contribution < 1.29 is 9.84 Å². The van der Waals surface area contributed by atoms with Crippen LogP contribution < -0.4 is 0 Å². The van der Waals surface area contributed by atoms with E-state index in [0.29, 0.717) is 28.7 Å². The van der Waals surface area contributed by atoms with Crippen LogP contribution in [0.25, 0.3) is 0 Å².